The highest BCUT2D eigenvalue weighted by Gasteiger charge is 2.08. The van der Waals surface area contributed by atoms with Gasteiger partial charge in [0.2, 0.25) is 0 Å². The van der Waals surface area contributed by atoms with E-state index >= 15 is 0 Å². The number of pyridine rings is 1. The standard InChI is InChI=1S/C13H11Br3N2O2/c14-8-5-10(15)13(11(16)6-8)20-4-3-18-7-9(17)1-2-12(18)19/h1-2,5-7H,3-4,17H2. The van der Waals surface area contributed by atoms with E-state index in [-0.39, 0.29) is 5.56 Å². The molecule has 0 unspecified atom stereocenters. The molecule has 1 aromatic carbocycles. The number of nitrogens with zero attached hydrogens (tertiary/aromatic N) is 1. The normalized spacial score (nSPS) is 10.6. The van der Waals surface area contributed by atoms with Crippen LogP contribution < -0.4 is 16.0 Å². The second kappa shape index (κ2) is 6.78. The minimum absolute atomic E-state index is 0.100. The average molecular weight is 467 g/mol. The maximum atomic E-state index is 11.6. The Morgan fingerprint density at radius 3 is 2.45 bits per heavy atom. The van der Waals surface area contributed by atoms with E-state index in [2.05, 4.69) is 47.8 Å². The molecule has 0 amide bonds. The summed E-state index contributed by atoms with van der Waals surface area (Å²) in [6.45, 7) is 0.793. The highest BCUT2D eigenvalue weighted by molar-refractivity contribution is 9.11. The molecule has 2 aromatic rings. The number of rotatable bonds is 4. The Labute approximate surface area is 141 Å². The Morgan fingerprint density at radius 1 is 1.15 bits per heavy atom. The molecule has 0 aliphatic carbocycles. The van der Waals surface area contributed by atoms with Gasteiger partial charge >= 0.3 is 0 Å². The zero-order chi connectivity index (χ0) is 14.7. The van der Waals surface area contributed by atoms with Gasteiger partial charge in [0.25, 0.3) is 5.56 Å². The fourth-order valence-corrected chi connectivity index (χ4v) is 4.13. The first-order valence-electron chi connectivity index (χ1n) is 5.70. The lowest BCUT2D eigenvalue weighted by molar-refractivity contribution is 0.293. The second-order valence-electron chi connectivity index (χ2n) is 4.04. The SMILES string of the molecule is Nc1ccc(=O)n(CCOc2c(Br)cc(Br)cc2Br)c1. The molecule has 1 aromatic heterocycles. The molecule has 0 aliphatic heterocycles. The molecule has 7 heteroatoms. The summed E-state index contributed by atoms with van der Waals surface area (Å²) in [5.41, 5.74) is 6.11. The van der Waals surface area contributed by atoms with E-state index in [1.165, 1.54) is 10.6 Å². The molecule has 106 valence electrons. The monoisotopic (exact) mass is 464 g/mol. The second-order valence-corrected chi connectivity index (χ2v) is 6.67. The van der Waals surface area contributed by atoms with Gasteiger partial charge in [-0.25, -0.2) is 0 Å². The summed E-state index contributed by atoms with van der Waals surface area (Å²) in [5, 5.41) is 0. The summed E-state index contributed by atoms with van der Waals surface area (Å²) in [6, 6.07) is 6.82. The summed E-state index contributed by atoms with van der Waals surface area (Å²) in [7, 11) is 0. The van der Waals surface area contributed by atoms with Crippen LogP contribution in [0.1, 0.15) is 0 Å². The van der Waals surface area contributed by atoms with Crippen molar-refractivity contribution < 1.29 is 4.74 Å². The van der Waals surface area contributed by atoms with E-state index in [9.17, 15) is 4.79 Å². The molecule has 20 heavy (non-hydrogen) atoms. The topological polar surface area (TPSA) is 57.2 Å². The summed E-state index contributed by atoms with van der Waals surface area (Å²) in [5.74, 6) is 0.699. The van der Waals surface area contributed by atoms with E-state index in [4.69, 9.17) is 10.5 Å². The Kier molecular flexibility index (Phi) is 5.29. The first-order valence-corrected chi connectivity index (χ1v) is 8.08. The van der Waals surface area contributed by atoms with E-state index in [1.807, 2.05) is 12.1 Å². The van der Waals surface area contributed by atoms with Crippen molar-refractivity contribution in [2.45, 2.75) is 6.54 Å². The van der Waals surface area contributed by atoms with Crippen molar-refractivity contribution in [3.05, 3.63) is 54.2 Å². The molecule has 0 atom stereocenters. The first-order chi connectivity index (χ1) is 9.47. The number of ether oxygens (including phenoxy) is 1. The number of hydrogen-bond acceptors (Lipinski definition) is 3. The molecule has 1 heterocycles. The van der Waals surface area contributed by atoms with E-state index in [0.717, 1.165) is 13.4 Å². The Hall–Kier alpha value is -0.790. The smallest absolute Gasteiger partial charge is 0.250 e. The third-order valence-electron chi connectivity index (χ3n) is 2.55. The van der Waals surface area contributed by atoms with E-state index < -0.39 is 0 Å². The molecule has 2 rings (SSSR count). The van der Waals surface area contributed by atoms with Gasteiger partial charge in [-0.15, -0.1) is 0 Å². The molecule has 0 spiro atoms. The first kappa shape index (κ1) is 15.6. The number of benzene rings is 1. The number of aromatic nitrogens is 1. The van der Waals surface area contributed by atoms with Crippen LogP contribution in [0.3, 0.4) is 0 Å². The molecule has 0 bridgehead atoms. The lowest BCUT2D eigenvalue weighted by atomic mass is 10.3. The van der Waals surface area contributed by atoms with Gasteiger partial charge in [0.05, 0.1) is 15.5 Å². The largest absolute Gasteiger partial charge is 0.489 e. The van der Waals surface area contributed by atoms with Crippen LogP contribution in [0.15, 0.2) is 48.7 Å². The molecular formula is C13H11Br3N2O2. The minimum atomic E-state index is -0.100. The Bertz CT molecular complexity index is 663. The summed E-state index contributed by atoms with van der Waals surface area (Å²) < 4.78 is 9.83. The van der Waals surface area contributed by atoms with Crippen molar-refractivity contribution in [2.75, 3.05) is 12.3 Å². The van der Waals surface area contributed by atoms with Gasteiger partial charge in [0, 0.05) is 22.4 Å². The quantitative estimate of drug-likeness (QED) is 0.745. The third-order valence-corrected chi connectivity index (χ3v) is 4.18. The van der Waals surface area contributed by atoms with Crippen LogP contribution in [0.5, 0.6) is 5.75 Å². The lowest BCUT2D eigenvalue weighted by Gasteiger charge is -2.12. The zero-order valence-corrected chi connectivity index (χ0v) is 15.0. The van der Waals surface area contributed by atoms with Gasteiger partial charge in [-0.2, -0.15) is 0 Å². The Morgan fingerprint density at radius 2 is 1.80 bits per heavy atom. The maximum absolute atomic E-state index is 11.6. The van der Waals surface area contributed by atoms with Gasteiger partial charge in [0.15, 0.2) is 0 Å². The molecule has 0 saturated heterocycles. The number of anilines is 1. The fourth-order valence-electron chi connectivity index (χ4n) is 1.64. The maximum Gasteiger partial charge on any atom is 0.250 e. The van der Waals surface area contributed by atoms with Crippen molar-refractivity contribution in [2.24, 2.45) is 0 Å². The van der Waals surface area contributed by atoms with Crippen LogP contribution in [0.4, 0.5) is 5.69 Å². The minimum Gasteiger partial charge on any atom is -0.489 e. The number of nitrogens with two attached hydrogens (primary N) is 1. The van der Waals surface area contributed by atoms with Crippen LogP contribution >= 0.6 is 47.8 Å². The van der Waals surface area contributed by atoms with Crippen molar-refractivity contribution in [1.82, 2.24) is 4.57 Å². The summed E-state index contributed by atoms with van der Waals surface area (Å²) in [4.78, 5) is 11.6. The van der Waals surface area contributed by atoms with Gasteiger partial charge in [0.1, 0.15) is 12.4 Å². The van der Waals surface area contributed by atoms with Crippen LogP contribution in [-0.2, 0) is 6.54 Å². The van der Waals surface area contributed by atoms with Crippen LogP contribution in [0, 0.1) is 0 Å². The van der Waals surface area contributed by atoms with Gasteiger partial charge in [-0.3, -0.25) is 4.79 Å². The van der Waals surface area contributed by atoms with Crippen LogP contribution in [-0.4, -0.2) is 11.2 Å². The molecule has 2 N–H and O–H groups in total. The van der Waals surface area contributed by atoms with Gasteiger partial charge in [-0.1, -0.05) is 15.9 Å². The Balaban J connectivity index is 2.07. The lowest BCUT2D eigenvalue weighted by Crippen LogP contribution is -2.22. The molecule has 0 fully saturated rings. The van der Waals surface area contributed by atoms with Crippen molar-refractivity contribution in [3.63, 3.8) is 0 Å². The molecule has 4 nitrogen and oxygen atoms in total. The highest BCUT2D eigenvalue weighted by Crippen LogP contribution is 2.36. The molecule has 0 saturated carbocycles. The zero-order valence-electron chi connectivity index (χ0n) is 10.3. The summed E-state index contributed by atoms with van der Waals surface area (Å²) in [6.07, 6.45) is 1.61. The fraction of sp³-hybridized carbons (Fsp3) is 0.154. The van der Waals surface area contributed by atoms with Crippen molar-refractivity contribution in [3.8, 4) is 5.75 Å². The van der Waals surface area contributed by atoms with E-state index in [0.29, 0.717) is 24.6 Å². The van der Waals surface area contributed by atoms with E-state index in [1.54, 1.807) is 12.3 Å². The van der Waals surface area contributed by atoms with Gasteiger partial charge < -0.3 is 15.0 Å². The highest BCUT2D eigenvalue weighted by atomic mass is 79.9. The third kappa shape index (κ3) is 3.86. The number of nitrogen functional groups attached to an aromatic ring is 1. The number of hydrogen-bond donors (Lipinski definition) is 1. The summed E-state index contributed by atoms with van der Waals surface area (Å²) >= 11 is 10.3. The van der Waals surface area contributed by atoms with Crippen LogP contribution in [0.25, 0.3) is 0 Å². The average Bonchev–Trinajstić information content (AvgIpc) is 2.36. The molecular weight excluding hydrogens is 456 g/mol. The number of halogens is 3. The van der Waals surface area contributed by atoms with Crippen molar-refractivity contribution in [1.29, 1.82) is 0 Å². The van der Waals surface area contributed by atoms with Crippen molar-refractivity contribution >= 4 is 53.5 Å². The predicted molar refractivity (Wildman–Crippen MR) is 90.2 cm³/mol. The van der Waals surface area contributed by atoms with Crippen LogP contribution in [0.2, 0.25) is 0 Å². The molecule has 0 radical (unpaired) electrons. The van der Waals surface area contributed by atoms with Gasteiger partial charge in [-0.05, 0) is 50.1 Å². The predicted octanol–water partition coefficient (Wildman–Crippen LogP) is 3.80. The molecule has 0 aliphatic rings.